The van der Waals surface area contributed by atoms with Crippen LogP contribution in [0.5, 0.6) is 0 Å². The number of hydrogen-bond acceptors (Lipinski definition) is 3. The van der Waals surface area contributed by atoms with Crippen molar-refractivity contribution in [2.75, 3.05) is 31.6 Å². The predicted octanol–water partition coefficient (Wildman–Crippen LogP) is 1.32. The van der Waals surface area contributed by atoms with Crippen LogP contribution in [0.25, 0.3) is 0 Å². The fourth-order valence-electron chi connectivity index (χ4n) is 1.99. The zero-order chi connectivity index (χ0) is 16.1. The Labute approximate surface area is 123 Å². The first-order chi connectivity index (χ1) is 9.55. The quantitative estimate of drug-likeness (QED) is 0.546. The maximum atomic E-state index is 12.1. The van der Waals surface area contributed by atoms with Gasteiger partial charge in [-0.2, -0.15) is 13.2 Å². The van der Waals surface area contributed by atoms with Crippen LogP contribution in [0.2, 0.25) is 0 Å². The number of hydrogen-bond donors (Lipinski definition) is 2. The number of alkyl halides is 3. The molecule has 0 radical (unpaired) electrons. The van der Waals surface area contributed by atoms with Crippen LogP contribution in [0.1, 0.15) is 26.2 Å². The van der Waals surface area contributed by atoms with Crippen molar-refractivity contribution in [2.45, 2.75) is 32.4 Å². The molecule has 9 heteroatoms. The molecule has 0 aliphatic heterocycles. The van der Waals surface area contributed by atoms with Crippen molar-refractivity contribution in [3.05, 3.63) is 0 Å². The largest absolute Gasteiger partial charge is 0.390 e. The number of halogens is 3. The normalized spacial score (nSPS) is 18.4. The van der Waals surface area contributed by atoms with Crippen LogP contribution < -0.4 is 10.6 Å². The Hall–Kier alpha value is -0.990. The molecule has 2 N–H and O–H groups in total. The zero-order valence-corrected chi connectivity index (χ0v) is 13.1. The summed E-state index contributed by atoms with van der Waals surface area (Å²) in [7, 11) is -3.07. The van der Waals surface area contributed by atoms with Gasteiger partial charge in [0.15, 0.2) is 5.96 Å². The molecular weight excluding hydrogens is 307 g/mol. The first-order valence-electron chi connectivity index (χ1n) is 6.82. The van der Waals surface area contributed by atoms with Crippen molar-refractivity contribution in [1.29, 1.82) is 0 Å². The molecule has 0 amide bonds. The van der Waals surface area contributed by atoms with Crippen LogP contribution >= 0.6 is 0 Å². The Morgan fingerprint density at radius 3 is 2.33 bits per heavy atom. The Morgan fingerprint density at radius 2 is 1.90 bits per heavy atom. The van der Waals surface area contributed by atoms with Crippen LogP contribution in [0, 0.1) is 5.41 Å². The molecule has 1 rings (SSSR count). The van der Waals surface area contributed by atoms with Gasteiger partial charge in [0, 0.05) is 31.3 Å². The van der Waals surface area contributed by atoms with Gasteiger partial charge in [-0.25, -0.2) is 8.42 Å². The monoisotopic (exact) mass is 329 g/mol. The van der Waals surface area contributed by atoms with Crippen molar-refractivity contribution in [3.8, 4) is 0 Å². The number of nitrogens with zero attached hydrogens (tertiary/aromatic N) is 1. The van der Waals surface area contributed by atoms with Crippen molar-refractivity contribution < 1.29 is 21.6 Å². The zero-order valence-electron chi connectivity index (χ0n) is 12.3. The van der Waals surface area contributed by atoms with E-state index in [0.29, 0.717) is 19.0 Å². The fourth-order valence-corrected chi connectivity index (χ4v) is 3.48. The summed E-state index contributed by atoms with van der Waals surface area (Å²) in [6, 6.07) is 0. The highest BCUT2D eigenvalue weighted by molar-refractivity contribution is 7.90. The van der Waals surface area contributed by atoms with Gasteiger partial charge in [-0.05, 0) is 19.8 Å². The van der Waals surface area contributed by atoms with E-state index in [4.69, 9.17) is 0 Å². The van der Waals surface area contributed by atoms with Gasteiger partial charge in [-0.1, -0.05) is 0 Å². The summed E-state index contributed by atoms with van der Waals surface area (Å²) in [5.41, 5.74) is -0.333. The minimum atomic E-state index is -4.21. The molecule has 0 aromatic heterocycles. The lowest BCUT2D eigenvalue weighted by Gasteiger charge is -2.15. The van der Waals surface area contributed by atoms with Crippen molar-refractivity contribution in [3.63, 3.8) is 0 Å². The highest BCUT2D eigenvalue weighted by Crippen LogP contribution is 2.46. The number of sulfone groups is 1. The maximum absolute atomic E-state index is 12.1. The molecule has 0 unspecified atom stereocenters. The molecule has 124 valence electrons. The van der Waals surface area contributed by atoms with E-state index in [2.05, 4.69) is 15.6 Å². The topological polar surface area (TPSA) is 70.6 Å². The Morgan fingerprint density at radius 1 is 1.29 bits per heavy atom. The summed E-state index contributed by atoms with van der Waals surface area (Å²) in [6.07, 6.45) is -2.40. The molecule has 1 saturated carbocycles. The third-order valence-corrected chi connectivity index (χ3v) is 4.28. The molecule has 0 saturated heterocycles. The van der Waals surface area contributed by atoms with Gasteiger partial charge in [0.2, 0.25) is 0 Å². The number of guanidine groups is 1. The molecule has 0 atom stereocenters. The molecule has 5 nitrogen and oxygen atoms in total. The second-order valence-corrected chi connectivity index (χ2v) is 7.70. The van der Waals surface area contributed by atoms with E-state index in [1.165, 1.54) is 6.26 Å². The minimum Gasteiger partial charge on any atom is -0.357 e. The summed E-state index contributed by atoms with van der Waals surface area (Å²) >= 11 is 0. The molecule has 0 aromatic carbocycles. The van der Waals surface area contributed by atoms with Gasteiger partial charge in [-0.3, -0.25) is 4.99 Å². The molecule has 1 fully saturated rings. The van der Waals surface area contributed by atoms with Gasteiger partial charge in [-0.15, -0.1) is 0 Å². The van der Waals surface area contributed by atoms with Crippen LogP contribution in [-0.2, 0) is 9.84 Å². The predicted molar refractivity (Wildman–Crippen MR) is 76.0 cm³/mol. The van der Waals surface area contributed by atoms with Crippen LogP contribution in [0.4, 0.5) is 13.2 Å². The molecule has 0 spiro atoms. The SMILES string of the molecule is CCNC(=NCC1(CS(C)(=O)=O)CC1)NCCC(F)(F)F. The summed E-state index contributed by atoms with van der Waals surface area (Å²) in [6.45, 7) is 2.39. The summed E-state index contributed by atoms with van der Waals surface area (Å²) in [5.74, 6) is 0.368. The highest BCUT2D eigenvalue weighted by Gasteiger charge is 2.45. The molecule has 1 aliphatic rings. The molecule has 0 aromatic rings. The Bertz CT molecular complexity index is 471. The second-order valence-electron chi connectivity index (χ2n) is 5.56. The number of aliphatic imine (C=N–C) groups is 1. The summed E-state index contributed by atoms with van der Waals surface area (Å²) in [5, 5.41) is 5.46. The van der Waals surface area contributed by atoms with E-state index < -0.39 is 22.4 Å². The maximum Gasteiger partial charge on any atom is 0.390 e. The van der Waals surface area contributed by atoms with Crippen LogP contribution in [-0.4, -0.2) is 52.2 Å². The molecule has 1 aliphatic carbocycles. The van der Waals surface area contributed by atoms with Gasteiger partial charge < -0.3 is 10.6 Å². The van der Waals surface area contributed by atoms with Gasteiger partial charge in [0.1, 0.15) is 9.84 Å². The average molecular weight is 329 g/mol. The lowest BCUT2D eigenvalue weighted by molar-refractivity contribution is -0.132. The first kappa shape index (κ1) is 18.1. The van der Waals surface area contributed by atoms with E-state index >= 15 is 0 Å². The van der Waals surface area contributed by atoms with Gasteiger partial charge in [0.25, 0.3) is 0 Å². The van der Waals surface area contributed by atoms with Crippen LogP contribution in [0.15, 0.2) is 4.99 Å². The molecule has 21 heavy (non-hydrogen) atoms. The highest BCUT2D eigenvalue weighted by atomic mass is 32.2. The van der Waals surface area contributed by atoms with E-state index in [9.17, 15) is 21.6 Å². The summed E-state index contributed by atoms with van der Waals surface area (Å²) in [4.78, 5) is 4.21. The standard InChI is InChI=1S/C12H22F3N3O2S/c1-3-16-10(17-7-6-12(13,14)15)18-8-11(4-5-11)9-21(2,19)20/h3-9H2,1-2H3,(H2,16,17,18). The molecular formula is C12H22F3N3O2S. The smallest absolute Gasteiger partial charge is 0.357 e. The lowest BCUT2D eigenvalue weighted by Crippen LogP contribution is -2.39. The average Bonchev–Trinajstić information content (AvgIpc) is 3.02. The number of rotatable bonds is 7. The third kappa shape index (κ3) is 8.13. The number of nitrogens with one attached hydrogen (secondary N) is 2. The van der Waals surface area contributed by atoms with E-state index in [1.807, 2.05) is 6.92 Å². The van der Waals surface area contributed by atoms with E-state index in [1.54, 1.807) is 0 Å². The van der Waals surface area contributed by atoms with Crippen molar-refractivity contribution >= 4 is 15.8 Å². The van der Waals surface area contributed by atoms with E-state index in [0.717, 1.165) is 12.8 Å². The van der Waals surface area contributed by atoms with Gasteiger partial charge >= 0.3 is 6.18 Å². The van der Waals surface area contributed by atoms with Crippen molar-refractivity contribution in [2.24, 2.45) is 10.4 Å². The molecule has 0 bridgehead atoms. The minimum absolute atomic E-state index is 0.0749. The summed E-state index contributed by atoms with van der Waals surface area (Å²) < 4.78 is 59.0. The fraction of sp³-hybridized carbons (Fsp3) is 0.917. The van der Waals surface area contributed by atoms with Gasteiger partial charge in [0.05, 0.1) is 12.2 Å². The first-order valence-corrected chi connectivity index (χ1v) is 8.88. The Balaban J connectivity index is 2.52. The second kappa shape index (κ2) is 6.85. The van der Waals surface area contributed by atoms with Crippen molar-refractivity contribution in [1.82, 2.24) is 10.6 Å². The molecule has 0 heterocycles. The third-order valence-electron chi connectivity index (χ3n) is 3.14. The van der Waals surface area contributed by atoms with Crippen LogP contribution in [0.3, 0.4) is 0 Å². The lowest BCUT2D eigenvalue weighted by atomic mass is 10.1. The Kier molecular flexibility index (Phi) is 5.89. The van der Waals surface area contributed by atoms with E-state index in [-0.39, 0.29) is 17.7 Å².